The van der Waals surface area contributed by atoms with E-state index in [1.807, 2.05) is 55.4 Å². The zero-order valence-electron chi connectivity index (χ0n) is 20.5. The fourth-order valence-corrected chi connectivity index (χ4v) is 5.24. The van der Waals surface area contributed by atoms with Crippen molar-refractivity contribution in [2.75, 3.05) is 45.3 Å². The highest BCUT2D eigenvalue weighted by Crippen LogP contribution is 2.36. The summed E-state index contributed by atoms with van der Waals surface area (Å²) in [5.74, 6) is -0.0416. The van der Waals surface area contributed by atoms with E-state index in [4.69, 9.17) is 5.73 Å². The van der Waals surface area contributed by atoms with Crippen LogP contribution in [0.3, 0.4) is 0 Å². The number of benzene rings is 2. The Kier molecular flexibility index (Phi) is 7.42. The number of carbonyl (C=O) groups is 1. The first-order valence-corrected chi connectivity index (χ1v) is 13.6. The number of hydrogen-bond donors (Lipinski definition) is 3. The monoisotopic (exact) mass is 495 g/mol. The van der Waals surface area contributed by atoms with Crippen LogP contribution in [0.15, 0.2) is 48.5 Å². The second kappa shape index (κ2) is 10.3. The smallest absolute Gasteiger partial charge is 0.225 e. The maximum atomic E-state index is 12.5. The summed E-state index contributed by atoms with van der Waals surface area (Å²) in [6, 6.07) is 14.1. The van der Waals surface area contributed by atoms with Gasteiger partial charge in [-0.1, -0.05) is 30.3 Å². The topological polar surface area (TPSA) is 112 Å². The molecule has 3 aromatic rings. The third kappa shape index (κ3) is 5.65. The molecule has 0 unspecified atom stereocenters. The highest BCUT2D eigenvalue weighted by molar-refractivity contribution is 7.88. The highest BCUT2D eigenvalue weighted by atomic mass is 32.2. The zero-order valence-corrected chi connectivity index (χ0v) is 21.3. The van der Waals surface area contributed by atoms with Crippen molar-refractivity contribution < 1.29 is 13.2 Å². The quantitative estimate of drug-likeness (QED) is 0.444. The summed E-state index contributed by atoms with van der Waals surface area (Å²) in [4.78, 5) is 18.0. The Labute approximate surface area is 206 Å². The predicted molar refractivity (Wildman–Crippen MR) is 142 cm³/mol. The van der Waals surface area contributed by atoms with Crippen LogP contribution < -0.4 is 11.1 Å². The van der Waals surface area contributed by atoms with Gasteiger partial charge in [-0.3, -0.25) is 4.79 Å². The fraction of sp³-hybridized carbons (Fsp3) is 0.346. The van der Waals surface area contributed by atoms with Gasteiger partial charge in [0.05, 0.1) is 6.26 Å². The second-order valence-corrected chi connectivity index (χ2v) is 11.2. The molecule has 0 radical (unpaired) electrons. The van der Waals surface area contributed by atoms with Crippen molar-refractivity contribution in [3.8, 4) is 11.1 Å². The molecule has 8 nitrogen and oxygen atoms in total. The Hall–Kier alpha value is -2.98. The van der Waals surface area contributed by atoms with Crippen molar-refractivity contribution in [2.24, 2.45) is 5.73 Å². The van der Waals surface area contributed by atoms with Crippen LogP contribution >= 0.6 is 0 Å². The molecule has 0 spiro atoms. The number of rotatable bonds is 8. The van der Waals surface area contributed by atoms with Gasteiger partial charge in [0.2, 0.25) is 15.9 Å². The number of fused-ring (bicyclic) bond motifs is 1. The molecule has 0 saturated carbocycles. The van der Waals surface area contributed by atoms with Crippen molar-refractivity contribution in [1.29, 1.82) is 0 Å². The summed E-state index contributed by atoms with van der Waals surface area (Å²) in [5, 5.41) is 4.09. The lowest BCUT2D eigenvalue weighted by Gasteiger charge is -2.23. The molecule has 0 aliphatic carbocycles. The zero-order chi connectivity index (χ0) is 25.2. The van der Waals surface area contributed by atoms with Crippen LogP contribution in [0, 0.1) is 0 Å². The van der Waals surface area contributed by atoms with Gasteiger partial charge in [-0.25, -0.2) is 8.42 Å². The number of sulfonamides is 1. The van der Waals surface area contributed by atoms with Gasteiger partial charge < -0.3 is 20.9 Å². The van der Waals surface area contributed by atoms with Crippen molar-refractivity contribution >= 4 is 38.1 Å². The van der Waals surface area contributed by atoms with E-state index < -0.39 is 10.0 Å². The Morgan fingerprint density at radius 3 is 2.57 bits per heavy atom. The molecule has 1 aliphatic rings. The van der Waals surface area contributed by atoms with E-state index in [1.54, 1.807) is 0 Å². The summed E-state index contributed by atoms with van der Waals surface area (Å²) in [6.07, 6.45) is 4.28. The van der Waals surface area contributed by atoms with Gasteiger partial charge in [0.25, 0.3) is 0 Å². The molecule has 4 N–H and O–H groups in total. The molecule has 4 rings (SSSR count). The second-order valence-electron chi connectivity index (χ2n) is 9.19. The minimum atomic E-state index is -3.19. The molecular weight excluding hydrogens is 462 g/mol. The highest BCUT2D eigenvalue weighted by Gasteiger charge is 2.21. The van der Waals surface area contributed by atoms with Gasteiger partial charge in [0.15, 0.2) is 0 Å². The van der Waals surface area contributed by atoms with Crippen molar-refractivity contribution in [3.63, 3.8) is 0 Å². The van der Waals surface area contributed by atoms with Crippen molar-refractivity contribution in [1.82, 2.24) is 14.2 Å². The number of carbonyl (C=O) groups excluding carboxylic acids is 1. The molecule has 2 heterocycles. The van der Waals surface area contributed by atoms with Gasteiger partial charge in [-0.05, 0) is 61.0 Å². The molecule has 0 fully saturated rings. The van der Waals surface area contributed by atoms with E-state index in [1.165, 1.54) is 10.6 Å². The van der Waals surface area contributed by atoms with E-state index in [0.717, 1.165) is 44.5 Å². The number of aromatic nitrogens is 1. The van der Waals surface area contributed by atoms with Crippen LogP contribution in [0.4, 0.5) is 5.69 Å². The summed E-state index contributed by atoms with van der Waals surface area (Å²) in [6.45, 7) is 1.81. The lowest BCUT2D eigenvalue weighted by molar-refractivity contribution is -0.116. The molecule has 1 amide bonds. The molecule has 0 bridgehead atoms. The first kappa shape index (κ1) is 25.1. The van der Waals surface area contributed by atoms with Crippen LogP contribution in [0.5, 0.6) is 0 Å². The summed E-state index contributed by atoms with van der Waals surface area (Å²) < 4.78 is 25.2. The molecule has 35 heavy (non-hydrogen) atoms. The molecule has 1 aliphatic heterocycles. The first-order valence-electron chi connectivity index (χ1n) is 11.7. The Morgan fingerprint density at radius 2 is 1.91 bits per heavy atom. The van der Waals surface area contributed by atoms with Gasteiger partial charge >= 0.3 is 0 Å². The number of amides is 1. The van der Waals surface area contributed by atoms with Crippen LogP contribution in [0.1, 0.15) is 24.1 Å². The molecule has 2 aromatic carbocycles. The number of aromatic amines is 1. The van der Waals surface area contributed by atoms with Crippen molar-refractivity contribution in [2.45, 2.75) is 19.4 Å². The summed E-state index contributed by atoms with van der Waals surface area (Å²) in [7, 11) is 0.688. The van der Waals surface area contributed by atoms with E-state index in [0.29, 0.717) is 39.0 Å². The van der Waals surface area contributed by atoms with Gasteiger partial charge in [-0.15, -0.1) is 0 Å². The molecule has 1 aromatic heterocycles. The van der Waals surface area contributed by atoms with Gasteiger partial charge in [-0.2, -0.15) is 4.31 Å². The predicted octanol–water partition coefficient (Wildman–Crippen LogP) is 3.23. The Morgan fingerprint density at radius 1 is 1.17 bits per heavy atom. The van der Waals surface area contributed by atoms with Crippen molar-refractivity contribution in [3.05, 3.63) is 59.8 Å². The fourth-order valence-electron chi connectivity index (χ4n) is 4.47. The maximum absolute atomic E-state index is 12.5. The van der Waals surface area contributed by atoms with Gasteiger partial charge in [0, 0.05) is 54.9 Å². The Balaban J connectivity index is 1.68. The minimum absolute atomic E-state index is 0.0416. The normalized spacial score (nSPS) is 14.9. The first-order chi connectivity index (χ1) is 16.7. The number of nitrogens with one attached hydrogen (secondary N) is 2. The molecule has 0 saturated heterocycles. The minimum Gasteiger partial charge on any atom is -0.355 e. The average molecular weight is 496 g/mol. The summed E-state index contributed by atoms with van der Waals surface area (Å²) >= 11 is 0. The van der Waals surface area contributed by atoms with E-state index in [2.05, 4.69) is 22.4 Å². The molecule has 0 atom stereocenters. The standard InChI is InChI=1S/C26H33N5O3S/c1-30(2)13-12-26(32)29-24-9-5-7-20(22(24)17-27)19-6-4-8-23-21(19)16-25(28-23)18-10-14-31(15-11-18)35(3,33)34/h4-10,16,28H,11-15,17,27H2,1-3H3,(H,29,32). The largest absolute Gasteiger partial charge is 0.355 e. The lowest BCUT2D eigenvalue weighted by atomic mass is 9.95. The van der Waals surface area contributed by atoms with Crippen LogP contribution in [0.25, 0.3) is 27.6 Å². The lowest BCUT2D eigenvalue weighted by Crippen LogP contribution is -2.33. The number of nitrogens with two attached hydrogens (primary N) is 1. The molecule has 9 heteroatoms. The van der Waals surface area contributed by atoms with E-state index >= 15 is 0 Å². The van der Waals surface area contributed by atoms with Crippen LogP contribution in [-0.4, -0.2) is 68.5 Å². The number of nitrogens with zero attached hydrogens (tertiary/aromatic N) is 2. The van der Waals surface area contributed by atoms with Crippen LogP contribution in [0.2, 0.25) is 0 Å². The molecular formula is C26H33N5O3S. The number of H-pyrrole nitrogens is 1. The van der Waals surface area contributed by atoms with E-state index in [9.17, 15) is 13.2 Å². The average Bonchev–Trinajstić information content (AvgIpc) is 3.27. The van der Waals surface area contributed by atoms with Gasteiger partial charge in [0.1, 0.15) is 0 Å². The number of anilines is 1. The Bertz CT molecular complexity index is 1370. The molecule has 186 valence electrons. The third-order valence-corrected chi connectivity index (χ3v) is 7.65. The number of hydrogen-bond acceptors (Lipinski definition) is 5. The van der Waals surface area contributed by atoms with Crippen LogP contribution in [-0.2, 0) is 21.4 Å². The maximum Gasteiger partial charge on any atom is 0.225 e. The summed E-state index contributed by atoms with van der Waals surface area (Å²) in [5.41, 5.74) is 12.9. The third-order valence-electron chi connectivity index (χ3n) is 6.38. The SMILES string of the molecule is CN(C)CCC(=O)Nc1cccc(-c2cccc3[nH]c(C4=CCN(S(C)(=O)=O)CC4)cc23)c1CN. The van der Waals surface area contributed by atoms with E-state index in [-0.39, 0.29) is 5.91 Å².